The van der Waals surface area contributed by atoms with Crippen LogP contribution in [0.5, 0.6) is 5.75 Å². The quantitative estimate of drug-likeness (QED) is 0.278. The van der Waals surface area contributed by atoms with E-state index in [1.807, 2.05) is 42.5 Å². The molecule has 0 saturated carbocycles. The molecule has 3 aromatic carbocycles. The van der Waals surface area contributed by atoms with Gasteiger partial charge in [0.15, 0.2) is 5.78 Å². The highest BCUT2D eigenvalue weighted by Gasteiger charge is 2.20. The van der Waals surface area contributed by atoms with Crippen molar-refractivity contribution in [3.05, 3.63) is 83.4 Å². The van der Waals surface area contributed by atoms with Gasteiger partial charge in [0.1, 0.15) is 5.75 Å². The van der Waals surface area contributed by atoms with Crippen LogP contribution in [0.4, 0.5) is 0 Å². The van der Waals surface area contributed by atoms with Crippen molar-refractivity contribution in [3.8, 4) is 28.3 Å². The third kappa shape index (κ3) is 3.50. The first-order valence-electron chi connectivity index (χ1n) is 9.56. The average Bonchev–Trinajstić information content (AvgIpc) is 3.42. The van der Waals surface area contributed by atoms with Crippen LogP contribution in [0.2, 0.25) is 0 Å². The van der Waals surface area contributed by atoms with Crippen LogP contribution >= 0.6 is 11.8 Å². The molecular weight excluding hydrogens is 396 g/mol. The molecule has 148 valence electrons. The molecule has 1 aliphatic carbocycles. The molecule has 0 aliphatic heterocycles. The Morgan fingerprint density at radius 1 is 1.00 bits per heavy atom. The van der Waals surface area contributed by atoms with E-state index in [9.17, 15) is 4.79 Å². The molecule has 5 rings (SSSR count). The molecule has 6 heteroatoms. The van der Waals surface area contributed by atoms with Gasteiger partial charge in [0.2, 0.25) is 5.89 Å². The largest absolute Gasteiger partial charge is 0.497 e. The Hall–Kier alpha value is -3.38. The summed E-state index contributed by atoms with van der Waals surface area (Å²) in [6.45, 7) is 0. The third-order valence-electron chi connectivity index (χ3n) is 5.19. The minimum atomic E-state index is 0.0383. The van der Waals surface area contributed by atoms with Crippen LogP contribution in [-0.4, -0.2) is 28.8 Å². The van der Waals surface area contributed by atoms with Crippen LogP contribution < -0.4 is 4.74 Å². The van der Waals surface area contributed by atoms with Gasteiger partial charge in [-0.15, -0.1) is 10.2 Å². The van der Waals surface area contributed by atoms with Gasteiger partial charge in [-0.25, -0.2) is 0 Å². The summed E-state index contributed by atoms with van der Waals surface area (Å²) in [4.78, 5) is 12.8. The lowest BCUT2D eigenvalue weighted by Crippen LogP contribution is -2.02. The number of Topliss-reactive ketones (excluding diaryl/α,β-unsaturated/α-hetero) is 1. The van der Waals surface area contributed by atoms with Gasteiger partial charge in [-0.1, -0.05) is 48.2 Å². The van der Waals surface area contributed by atoms with Crippen LogP contribution in [0.3, 0.4) is 0 Å². The van der Waals surface area contributed by atoms with E-state index in [-0.39, 0.29) is 11.5 Å². The van der Waals surface area contributed by atoms with Gasteiger partial charge in [0.05, 0.1) is 12.9 Å². The van der Waals surface area contributed by atoms with Crippen molar-refractivity contribution < 1.29 is 13.9 Å². The molecule has 30 heavy (non-hydrogen) atoms. The van der Waals surface area contributed by atoms with Crippen molar-refractivity contribution in [2.75, 3.05) is 12.9 Å². The number of methoxy groups -OCH3 is 1. The first-order chi connectivity index (χ1) is 14.7. The van der Waals surface area contributed by atoms with E-state index in [0.29, 0.717) is 16.7 Å². The molecule has 1 heterocycles. The SMILES string of the molecule is COc1ccc(-c2nnc(SCC(=O)c3ccc4c(c3)-c3ccccc3C4)o2)cc1. The van der Waals surface area contributed by atoms with Crippen molar-refractivity contribution in [2.24, 2.45) is 0 Å². The van der Waals surface area contributed by atoms with Crippen molar-refractivity contribution in [2.45, 2.75) is 11.6 Å². The third-order valence-corrected chi connectivity index (χ3v) is 6.01. The highest BCUT2D eigenvalue weighted by Crippen LogP contribution is 2.37. The second kappa shape index (κ2) is 7.80. The van der Waals surface area contributed by atoms with Crippen molar-refractivity contribution in [3.63, 3.8) is 0 Å². The Balaban J connectivity index is 1.28. The Kier molecular flexibility index (Phi) is 4.85. The number of fused-ring (bicyclic) bond motifs is 3. The van der Waals surface area contributed by atoms with E-state index in [4.69, 9.17) is 9.15 Å². The average molecular weight is 414 g/mol. The van der Waals surface area contributed by atoms with Crippen LogP contribution in [0.15, 0.2) is 76.4 Å². The molecule has 0 fully saturated rings. The van der Waals surface area contributed by atoms with Crippen LogP contribution in [0.1, 0.15) is 21.5 Å². The maximum absolute atomic E-state index is 12.8. The summed E-state index contributed by atoms with van der Waals surface area (Å²) in [5, 5.41) is 8.50. The smallest absolute Gasteiger partial charge is 0.277 e. The number of thioether (sulfide) groups is 1. The van der Waals surface area contributed by atoms with Crippen molar-refractivity contribution >= 4 is 17.5 Å². The Morgan fingerprint density at radius 3 is 2.63 bits per heavy atom. The number of hydrogen-bond acceptors (Lipinski definition) is 6. The normalized spacial score (nSPS) is 11.8. The first-order valence-corrected chi connectivity index (χ1v) is 10.5. The first kappa shape index (κ1) is 18.6. The zero-order valence-corrected chi connectivity index (χ0v) is 17.1. The fraction of sp³-hybridized carbons (Fsp3) is 0.125. The van der Waals surface area contributed by atoms with Crippen molar-refractivity contribution in [1.82, 2.24) is 10.2 Å². The molecule has 4 aromatic rings. The molecule has 1 aliphatic rings. The summed E-state index contributed by atoms with van der Waals surface area (Å²) < 4.78 is 10.9. The molecule has 0 amide bonds. The fourth-order valence-electron chi connectivity index (χ4n) is 3.63. The number of rotatable bonds is 6. The van der Waals surface area contributed by atoms with Gasteiger partial charge in [-0.05, 0) is 59.0 Å². The minimum Gasteiger partial charge on any atom is -0.497 e. The molecule has 0 spiro atoms. The highest BCUT2D eigenvalue weighted by atomic mass is 32.2. The zero-order valence-electron chi connectivity index (χ0n) is 16.3. The lowest BCUT2D eigenvalue weighted by atomic mass is 10.0. The molecule has 1 aromatic heterocycles. The molecule has 0 atom stereocenters. The van der Waals surface area contributed by atoms with Gasteiger partial charge in [-0.3, -0.25) is 4.79 Å². The van der Waals surface area contributed by atoms with E-state index in [0.717, 1.165) is 23.3 Å². The monoisotopic (exact) mass is 414 g/mol. The van der Waals surface area contributed by atoms with E-state index in [1.165, 1.54) is 28.5 Å². The van der Waals surface area contributed by atoms with Gasteiger partial charge in [0, 0.05) is 11.1 Å². The Labute approximate surface area is 178 Å². The number of ether oxygens (including phenoxy) is 1. The van der Waals surface area contributed by atoms with Crippen molar-refractivity contribution in [1.29, 1.82) is 0 Å². The van der Waals surface area contributed by atoms with E-state index < -0.39 is 0 Å². The zero-order chi connectivity index (χ0) is 20.5. The summed E-state index contributed by atoms with van der Waals surface area (Å²) in [5.41, 5.74) is 6.45. The second-order valence-corrected chi connectivity index (χ2v) is 7.95. The standard InChI is InChI=1S/C24H18N2O3S/c1-28-19-10-8-15(9-11-19)23-25-26-24(29-23)30-14-22(27)18-7-6-17-12-16-4-2-3-5-20(16)21(17)13-18/h2-11,13H,12,14H2,1H3. The lowest BCUT2D eigenvalue weighted by molar-refractivity contribution is 0.102. The minimum absolute atomic E-state index is 0.0383. The number of hydrogen-bond donors (Lipinski definition) is 0. The summed E-state index contributed by atoms with van der Waals surface area (Å²) in [6.07, 6.45) is 0.921. The summed E-state index contributed by atoms with van der Waals surface area (Å²) in [5.74, 6) is 1.46. The van der Waals surface area contributed by atoms with E-state index >= 15 is 0 Å². The molecule has 0 bridgehead atoms. The molecule has 0 saturated heterocycles. The molecular formula is C24H18N2O3S. The maximum atomic E-state index is 12.8. The molecule has 0 radical (unpaired) electrons. The highest BCUT2D eigenvalue weighted by molar-refractivity contribution is 7.99. The van der Waals surface area contributed by atoms with E-state index in [1.54, 1.807) is 7.11 Å². The van der Waals surface area contributed by atoms with Gasteiger partial charge in [0.25, 0.3) is 5.22 Å². The molecule has 0 unspecified atom stereocenters. The number of carbonyl (C=O) groups is 1. The second-order valence-electron chi connectivity index (χ2n) is 7.02. The topological polar surface area (TPSA) is 65.2 Å². The van der Waals surface area contributed by atoms with Crippen LogP contribution in [0, 0.1) is 0 Å². The van der Waals surface area contributed by atoms with E-state index in [2.05, 4.69) is 34.5 Å². The van der Waals surface area contributed by atoms with Crippen LogP contribution in [0.25, 0.3) is 22.6 Å². The predicted octanol–water partition coefficient (Wildman–Crippen LogP) is 5.29. The molecule has 0 N–H and O–H groups in total. The summed E-state index contributed by atoms with van der Waals surface area (Å²) in [6, 6.07) is 21.7. The maximum Gasteiger partial charge on any atom is 0.277 e. The predicted molar refractivity (Wildman–Crippen MR) is 116 cm³/mol. The fourth-order valence-corrected chi connectivity index (χ4v) is 4.28. The van der Waals surface area contributed by atoms with Gasteiger partial charge >= 0.3 is 0 Å². The number of benzene rings is 3. The van der Waals surface area contributed by atoms with Gasteiger partial charge in [-0.2, -0.15) is 0 Å². The number of nitrogens with zero attached hydrogens (tertiary/aromatic N) is 2. The van der Waals surface area contributed by atoms with Crippen LogP contribution in [-0.2, 0) is 6.42 Å². The number of carbonyl (C=O) groups excluding carboxylic acids is 1. The Bertz CT molecular complexity index is 1230. The Morgan fingerprint density at radius 2 is 1.80 bits per heavy atom. The summed E-state index contributed by atoms with van der Waals surface area (Å²) >= 11 is 1.25. The summed E-state index contributed by atoms with van der Waals surface area (Å²) in [7, 11) is 1.62. The lowest BCUT2D eigenvalue weighted by Gasteiger charge is -2.04. The van der Waals surface area contributed by atoms with Gasteiger partial charge < -0.3 is 9.15 Å². The molecule has 5 nitrogen and oxygen atoms in total. The number of aromatic nitrogens is 2. The number of ketones is 1.